The summed E-state index contributed by atoms with van der Waals surface area (Å²) in [5.41, 5.74) is 0.396. The molecule has 0 radical (unpaired) electrons. The Hall–Kier alpha value is -0.0400. The fourth-order valence-corrected chi connectivity index (χ4v) is 3.48. The standard InChI is InChI=1S/C12H23N/c1-9-8-12(2,3)13-11(9)10-6-4-5-7-10/h9-11,13H,4-8H2,1-3H3. The van der Waals surface area contributed by atoms with Gasteiger partial charge in [0.15, 0.2) is 0 Å². The summed E-state index contributed by atoms with van der Waals surface area (Å²) < 4.78 is 0. The summed E-state index contributed by atoms with van der Waals surface area (Å²) in [7, 11) is 0. The minimum absolute atomic E-state index is 0.396. The van der Waals surface area contributed by atoms with E-state index in [1.807, 2.05) is 0 Å². The Morgan fingerprint density at radius 2 is 1.77 bits per heavy atom. The van der Waals surface area contributed by atoms with Crippen molar-refractivity contribution in [3.63, 3.8) is 0 Å². The fraction of sp³-hybridized carbons (Fsp3) is 1.00. The van der Waals surface area contributed by atoms with Gasteiger partial charge in [-0.2, -0.15) is 0 Å². The van der Waals surface area contributed by atoms with Crippen molar-refractivity contribution in [1.29, 1.82) is 0 Å². The zero-order valence-corrected chi connectivity index (χ0v) is 9.27. The van der Waals surface area contributed by atoms with Crippen LogP contribution < -0.4 is 5.32 Å². The molecular weight excluding hydrogens is 158 g/mol. The van der Waals surface area contributed by atoms with Crippen LogP contribution >= 0.6 is 0 Å². The highest BCUT2D eigenvalue weighted by Gasteiger charge is 2.40. The molecule has 0 aromatic carbocycles. The van der Waals surface area contributed by atoms with Crippen LogP contribution in [0.4, 0.5) is 0 Å². The second-order valence-electron chi connectivity index (χ2n) is 5.78. The Labute approximate surface area is 82.3 Å². The molecule has 1 nitrogen and oxygen atoms in total. The quantitative estimate of drug-likeness (QED) is 0.656. The summed E-state index contributed by atoms with van der Waals surface area (Å²) in [6, 6.07) is 0.817. The van der Waals surface area contributed by atoms with Gasteiger partial charge in [0.25, 0.3) is 0 Å². The molecule has 1 aliphatic heterocycles. The van der Waals surface area contributed by atoms with E-state index in [0.29, 0.717) is 5.54 Å². The van der Waals surface area contributed by atoms with Crippen molar-refractivity contribution in [1.82, 2.24) is 5.32 Å². The molecule has 1 heteroatoms. The maximum Gasteiger partial charge on any atom is 0.0131 e. The van der Waals surface area contributed by atoms with Gasteiger partial charge in [-0.3, -0.25) is 0 Å². The molecule has 76 valence electrons. The van der Waals surface area contributed by atoms with E-state index in [1.165, 1.54) is 32.1 Å². The third-order valence-corrected chi connectivity index (χ3v) is 3.91. The van der Waals surface area contributed by atoms with E-state index in [4.69, 9.17) is 0 Å². The first-order valence-electron chi connectivity index (χ1n) is 5.86. The van der Waals surface area contributed by atoms with Gasteiger partial charge < -0.3 is 5.32 Å². The molecule has 0 amide bonds. The summed E-state index contributed by atoms with van der Waals surface area (Å²) in [6.07, 6.45) is 7.23. The van der Waals surface area contributed by atoms with Crippen LogP contribution in [0, 0.1) is 11.8 Å². The molecule has 1 heterocycles. The maximum absolute atomic E-state index is 3.82. The van der Waals surface area contributed by atoms with E-state index in [2.05, 4.69) is 26.1 Å². The topological polar surface area (TPSA) is 12.0 Å². The number of hydrogen-bond donors (Lipinski definition) is 1. The first-order chi connectivity index (χ1) is 6.08. The zero-order valence-electron chi connectivity index (χ0n) is 9.27. The molecule has 1 N–H and O–H groups in total. The number of hydrogen-bond acceptors (Lipinski definition) is 1. The number of rotatable bonds is 1. The fourth-order valence-electron chi connectivity index (χ4n) is 3.48. The highest BCUT2D eigenvalue weighted by Crippen LogP contribution is 2.38. The predicted octanol–water partition coefficient (Wildman–Crippen LogP) is 2.95. The van der Waals surface area contributed by atoms with E-state index in [-0.39, 0.29) is 0 Å². The summed E-state index contributed by atoms with van der Waals surface area (Å²) in [6.45, 7) is 7.11. The normalized spacial score (nSPS) is 39.9. The molecular formula is C12H23N. The summed E-state index contributed by atoms with van der Waals surface area (Å²) in [4.78, 5) is 0. The van der Waals surface area contributed by atoms with Gasteiger partial charge in [-0.15, -0.1) is 0 Å². The van der Waals surface area contributed by atoms with Crippen molar-refractivity contribution in [2.45, 2.75) is 64.5 Å². The molecule has 1 aliphatic carbocycles. The first kappa shape index (κ1) is 9.51. The average Bonchev–Trinajstić information content (AvgIpc) is 2.56. The SMILES string of the molecule is CC1CC(C)(C)NC1C1CCCC1. The van der Waals surface area contributed by atoms with E-state index in [1.54, 1.807) is 0 Å². The van der Waals surface area contributed by atoms with Crippen molar-refractivity contribution in [2.24, 2.45) is 11.8 Å². The van der Waals surface area contributed by atoms with E-state index in [9.17, 15) is 0 Å². The lowest BCUT2D eigenvalue weighted by Gasteiger charge is -2.25. The minimum atomic E-state index is 0.396. The molecule has 2 atom stereocenters. The van der Waals surface area contributed by atoms with Gasteiger partial charge >= 0.3 is 0 Å². The van der Waals surface area contributed by atoms with Gasteiger partial charge in [0, 0.05) is 11.6 Å². The third kappa shape index (κ3) is 1.90. The Morgan fingerprint density at radius 3 is 2.23 bits per heavy atom. The van der Waals surface area contributed by atoms with Gasteiger partial charge in [0.2, 0.25) is 0 Å². The van der Waals surface area contributed by atoms with Crippen LogP contribution in [0.2, 0.25) is 0 Å². The predicted molar refractivity (Wildman–Crippen MR) is 56.7 cm³/mol. The van der Waals surface area contributed by atoms with E-state index >= 15 is 0 Å². The van der Waals surface area contributed by atoms with Crippen LogP contribution in [0.25, 0.3) is 0 Å². The van der Waals surface area contributed by atoms with Crippen LogP contribution in [0.3, 0.4) is 0 Å². The van der Waals surface area contributed by atoms with E-state index in [0.717, 1.165) is 17.9 Å². The Bertz CT molecular complexity index is 180. The smallest absolute Gasteiger partial charge is 0.0131 e. The second-order valence-corrected chi connectivity index (χ2v) is 5.78. The largest absolute Gasteiger partial charge is 0.308 e. The van der Waals surface area contributed by atoms with Crippen LogP contribution in [0.15, 0.2) is 0 Å². The highest BCUT2D eigenvalue weighted by atomic mass is 15.0. The van der Waals surface area contributed by atoms with Crippen molar-refractivity contribution in [2.75, 3.05) is 0 Å². The van der Waals surface area contributed by atoms with Gasteiger partial charge in [0.1, 0.15) is 0 Å². The van der Waals surface area contributed by atoms with Gasteiger partial charge in [-0.05, 0) is 44.9 Å². The lowest BCUT2D eigenvalue weighted by atomic mass is 9.88. The molecule has 2 rings (SSSR count). The molecule has 1 saturated carbocycles. The molecule has 0 spiro atoms. The van der Waals surface area contributed by atoms with E-state index < -0.39 is 0 Å². The minimum Gasteiger partial charge on any atom is -0.308 e. The lowest BCUT2D eigenvalue weighted by molar-refractivity contribution is 0.321. The lowest BCUT2D eigenvalue weighted by Crippen LogP contribution is -2.41. The average molecular weight is 181 g/mol. The number of nitrogens with one attached hydrogen (secondary N) is 1. The van der Waals surface area contributed by atoms with Gasteiger partial charge in [-0.25, -0.2) is 0 Å². The maximum atomic E-state index is 3.82. The third-order valence-electron chi connectivity index (χ3n) is 3.91. The summed E-state index contributed by atoms with van der Waals surface area (Å²) in [5, 5.41) is 3.82. The van der Waals surface area contributed by atoms with Crippen molar-refractivity contribution >= 4 is 0 Å². The molecule has 0 bridgehead atoms. The highest BCUT2D eigenvalue weighted by molar-refractivity contribution is 4.98. The van der Waals surface area contributed by atoms with Crippen LogP contribution in [-0.2, 0) is 0 Å². The monoisotopic (exact) mass is 181 g/mol. The van der Waals surface area contributed by atoms with Crippen molar-refractivity contribution < 1.29 is 0 Å². The molecule has 2 unspecified atom stereocenters. The van der Waals surface area contributed by atoms with Crippen LogP contribution in [0.1, 0.15) is 52.9 Å². The second kappa shape index (κ2) is 3.27. The molecule has 0 aromatic rings. The Kier molecular flexibility index (Phi) is 2.39. The molecule has 2 aliphatic rings. The first-order valence-corrected chi connectivity index (χ1v) is 5.86. The van der Waals surface area contributed by atoms with Crippen molar-refractivity contribution in [3.05, 3.63) is 0 Å². The summed E-state index contributed by atoms with van der Waals surface area (Å²) >= 11 is 0. The molecule has 0 aromatic heterocycles. The zero-order chi connectivity index (χ0) is 9.47. The molecule has 13 heavy (non-hydrogen) atoms. The summed E-state index contributed by atoms with van der Waals surface area (Å²) in [5.74, 6) is 1.87. The van der Waals surface area contributed by atoms with Crippen molar-refractivity contribution in [3.8, 4) is 0 Å². The molecule has 2 fully saturated rings. The van der Waals surface area contributed by atoms with Gasteiger partial charge in [-0.1, -0.05) is 19.8 Å². The Balaban J connectivity index is 1.99. The van der Waals surface area contributed by atoms with Gasteiger partial charge in [0.05, 0.1) is 0 Å². The molecule has 1 saturated heterocycles. The Morgan fingerprint density at radius 1 is 1.15 bits per heavy atom. The van der Waals surface area contributed by atoms with Crippen LogP contribution in [-0.4, -0.2) is 11.6 Å². The van der Waals surface area contributed by atoms with Crippen LogP contribution in [0.5, 0.6) is 0 Å².